The Morgan fingerprint density at radius 2 is 1.68 bits per heavy atom. The molecular weight excluding hydrogens is 493 g/mol. The van der Waals surface area contributed by atoms with Gasteiger partial charge in [0.1, 0.15) is 5.82 Å². The van der Waals surface area contributed by atoms with Crippen molar-refractivity contribution < 1.29 is 5.11 Å². The first kappa shape index (κ1) is 23.9. The van der Waals surface area contributed by atoms with Crippen LogP contribution in [-0.2, 0) is 0 Å². The molecule has 2 saturated heterocycles. The lowest BCUT2D eigenvalue weighted by atomic mass is 9.94. The van der Waals surface area contributed by atoms with Crippen molar-refractivity contribution in [3.63, 3.8) is 0 Å². The Balaban J connectivity index is 1.39. The van der Waals surface area contributed by atoms with Crippen LogP contribution in [0, 0.1) is 5.92 Å². The molecule has 6 nitrogen and oxygen atoms in total. The number of aliphatic hydroxyl groups excluding tert-OH is 1. The Morgan fingerprint density at radius 1 is 0.941 bits per heavy atom. The van der Waals surface area contributed by atoms with E-state index in [1.54, 1.807) is 12.1 Å². The molecule has 0 bridgehead atoms. The van der Waals surface area contributed by atoms with Crippen molar-refractivity contribution in [1.29, 1.82) is 0 Å². The van der Waals surface area contributed by atoms with Crippen molar-refractivity contribution in [2.45, 2.75) is 31.7 Å². The van der Waals surface area contributed by atoms with Crippen molar-refractivity contribution >= 4 is 63.2 Å². The van der Waals surface area contributed by atoms with Crippen LogP contribution < -0.4 is 10.2 Å². The average molecular weight is 521 g/mol. The molecule has 3 aromatic rings. The third-order valence-electron chi connectivity index (χ3n) is 6.91. The van der Waals surface area contributed by atoms with Crippen LogP contribution in [0.1, 0.15) is 25.7 Å². The topological polar surface area (TPSA) is 64.5 Å². The van der Waals surface area contributed by atoms with E-state index in [1.165, 1.54) is 6.42 Å². The average Bonchev–Trinajstić information content (AvgIpc) is 2.86. The van der Waals surface area contributed by atoms with E-state index in [9.17, 15) is 5.11 Å². The molecule has 34 heavy (non-hydrogen) atoms. The summed E-state index contributed by atoms with van der Waals surface area (Å²) >= 11 is 18.7. The number of benzene rings is 2. The molecule has 3 heterocycles. The van der Waals surface area contributed by atoms with Crippen LogP contribution in [0.15, 0.2) is 36.4 Å². The Bertz CT molecular complexity index is 1150. The summed E-state index contributed by atoms with van der Waals surface area (Å²) in [4.78, 5) is 14.6. The Morgan fingerprint density at radius 3 is 2.41 bits per heavy atom. The summed E-state index contributed by atoms with van der Waals surface area (Å²) in [7, 11) is 0. The zero-order chi connectivity index (χ0) is 23.7. The fourth-order valence-corrected chi connectivity index (χ4v) is 5.47. The third kappa shape index (κ3) is 5.21. The first-order valence-electron chi connectivity index (χ1n) is 11.8. The molecule has 2 aliphatic heterocycles. The van der Waals surface area contributed by atoms with Crippen LogP contribution in [0.5, 0.6) is 0 Å². The summed E-state index contributed by atoms with van der Waals surface area (Å²) in [6, 6.07) is 11.7. The van der Waals surface area contributed by atoms with Gasteiger partial charge in [-0.1, -0.05) is 34.8 Å². The maximum Gasteiger partial charge on any atom is 0.227 e. The van der Waals surface area contributed by atoms with Gasteiger partial charge in [-0.15, -0.1) is 0 Å². The van der Waals surface area contributed by atoms with E-state index < -0.39 is 0 Å². The number of hydrogen-bond donors (Lipinski definition) is 2. The monoisotopic (exact) mass is 519 g/mol. The number of nitrogens with one attached hydrogen (secondary N) is 1. The third-order valence-corrected chi connectivity index (χ3v) is 7.88. The first-order chi connectivity index (χ1) is 16.5. The predicted octanol–water partition coefficient (Wildman–Crippen LogP) is 6.01. The molecule has 2 aromatic carbocycles. The number of likely N-dealkylation sites (tertiary alicyclic amines) is 1. The fourth-order valence-electron chi connectivity index (χ4n) is 5.03. The second-order valence-corrected chi connectivity index (χ2v) is 10.4. The molecule has 2 fully saturated rings. The number of aromatic nitrogens is 2. The molecule has 0 spiro atoms. The van der Waals surface area contributed by atoms with Gasteiger partial charge in [0.05, 0.1) is 15.6 Å². The number of anilines is 3. The van der Waals surface area contributed by atoms with Crippen LogP contribution >= 0.6 is 34.8 Å². The minimum atomic E-state index is 0.288. The lowest BCUT2D eigenvalue weighted by molar-refractivity contribution is 0.0776. The Labute approximate surface area is 214 Å². The van der Waals surface area contributed by atoms with E-state index in [1.807, 2.05) is 24.3 Å². The summed E-state index contributed by atoms with van der Waals surface area (Å²) in [5, 5.41) is 15.4. The number of piperidine rings is 2. The van der Waals surface area contributed by atoms with Gasteiger partial charge in [0, 0.05) is 48.4 Å². The predicted molar refractivity (Wildman–Crippen MR) is 141 cm³/mol. The number of hydrogen-bond acceptors (Lipinski definition) is 6. The zero-order valence-corrected chi connectivity index (χ0v) is 21.1. The normalized spacial score (nSPS) is 20.1. The van der Waals surface area contributed by atoms with Crippen LogP contribution in [-0.4, -0.2) is 58.8 Å². The molecule has 2 aliphatic rings. The highest BCUT2D eigenvalue weighted by Gasteiger charge is 2.29. The van der Waals surface area contributed by atoms with Gasteiger partial charge in [-0.3, -0.25) is 4.90 Å². The van der Waals surface area contributed by atoms with Gasteiger partial charge in [-0.25, -0.2) is 4.98 Å². The minimum absolute atomic E-state index is 0.288. The van der Waals surface area contributed by atoms with Gasteiger partial charge in [0.15, 0.2) is 0 Å². The van der Waals surface area contributed by atoms with E-state index >= 15 is 0 Å². The van der Waals surface area contributed by atoms with Gasteiger partial charge in [-0.05, 0) is 74.5 Å². The SMILES string of the molecule is OCC1CCCN(C2CCN(c3nc(Nc4ccc(Cl)cc4)c4cc(Cl)c(Cl)cc4n3)CC2)C1. The van der Waals surface area contributed by atoms with Crippen LogP contribution in [0.2, 0.25) is 15.1 Å². The zero-order valence-electron chi connectivity index (χ0n) is 18.9. The summed E-state index contributed by atoms with van der Waals surface area (Å²) in [5.41, 5.74) is 1.63. The molecule has 0 amide bonds. The van der Waals surface area contributed by atoms with Gasteiger partial charge >= 0.3 is 0 Å². The molecule has 5 rings (SSSR count). The van der Waals surface area contributed by atoms with Gasteiger partial charge in [0.25, 0.3) is 0 Å². The Kier molecular flexibility index (Phi) is 7.32. The van der Waals surface area contributed by atoms with Crippen LogP contribution in [0.4, 0.5) is 17.5 Å². The number of nitrogens with zero attached hydrogens (tertiary/aromatic N) is 4. The molecule has 1 aromatic heterocycles. The quantitative estimate of drug-likeness (QED) is 0.430. The molecular formula is C25H28Cl3N5O. The number of rotatable bonds is 5. The standard InChI is InChI=1S/C25H28Cl3N5O/c26-17-3-5-18(6-4-17)29-24-20-12-21(27)22(28)13-23(20)30-25(31-24)32-10-7-19(8-11-32)33-9-1-2-16(14-33)15-34/h3-6,12-13,16,19,34H,1-2,7-11,14-15H2,(H,29,30,31). The van der Waals surface area contributed by atoms with E-state index in [-0.39, 0.29) is 6.61 Å². The second-order valence-electron chi connectivity index (χ2n) is 9.19. The number of fused-ring (bicyclic) bond motifs is 1. The summed E-state index contributed by atoms with van der Waals surface area (Å²) in [6.45, 7) is 4.19. The molecule has 0 saturated carbocycles. The molecule has 1 unspecified atom stereocenters. The molecule has 0 radical (unpaired) electrons. The highest BCUT2D eigenvalue weighted by Crippen LogP contribution is 2.34. The molecule has 180 valence electrons. The second kappa shape index (κ2) is 10.4. The van der Waals surface area contributed by atoms with Crippen molar-refractivity contribution in [1.82, 2.24) is 14.9 Å². The van der Waals surface area contributed by atoms with E-state index in [2.05, 4.69) is 15.1 Å². The lowest BCUT2D eigenvalue weighted by Crippen LogP contribution is -2.49. The van der Waals surface area contributed by atoms with E-state index in [0.717, 1.165) is 62.0 Å². The lowest BCUT2D eigenvalue weighted by Gasteiger charge is -2.42. The maximum absolute atomic E-state index is 9.58. The summed E-state index contributed by atoms with van der Waals surface area (Å²) < 4.78 is 0. The van der Waals surface area contributed by atoms with Gasteiger partial charge < -0.3 is 15.3 Å². The summed E-state index contributed by atoms with van der Waals surface area (Å²) in [5.74, 6) is 1.78. The van der Waals surface area contributed by atoms with Crippen molar-refractivity contribution in [2.24, 2.45) is 5.92 Å². The summed E-state index contributed by atoms with van der Waals surface area (Å²) in [6.07, 6.45) is 4.41. The van der Waals surface area contributed by atoms with E-state index in [4.69, 9.17) is 44.8 Å². The van der Waals surface area contributed by atoms with Crippen molar-refractivity contribution in [3.05, 3.63) is 51.5 Å². The highest BCUT2D eigenvalue weighted by atomic mass is 35.5. The van der Waals surface area contributed by atoms with Gasteiger partial charge in [0.2, 0.25) is 5.95 Å². The first-order valence-corrected chi connectivity index (χ1v) is 12.9. The number of aliphatic hydroxyl groups is 1. The number of halogens is 3. The Hall–Kier alpha value is -1.83. The molecule has 1 atom stereocenters. The molecule has 0 aliphatic carbocycles. The van der Waals surface area contributed by atoms with Crippen molar-refractivity contribution in [3.8, 4) is 0 Å². The maximum atomic E-state index is 9.58. The van der Waals surface area contributed by atoms with Crippen LogP contribution in [0.3, 0.4) is 0 Å². The molecule has 9 heteroatoms. The van der Waals surface area contributed by atoms with Crippen molar-refractivity contribution in [2.75, 3.05) is 43.0 Å². The smallest absolute Gasteiger partial charge is 0.227 e. The van der Waals surface area contributed by atoms with E-state index in [0.29, 0.717) is 38.8 Å². The minimum Gasteiger partial charge on any atom is -0.396 e. The highest BCUT2D eigenvalue weighted by molar-refractivity contribution is 6.42. The van der Waals surface area contributed by atoms with Gasteiger partial charge in [-0.2, -0.15) is 4.98 Å². The fraction of sp³-hybridized carbons (Fsp3) is 0.440. The largest absolute Gasteiger partial charge is 0.396 e. The molecule has 2 N–H and O–H groups in total. The van der Waals surface area contributed by atoms with Crippen LogP contribution in [0.25, 0.3) is 10.9 Å².